The van der Waals surface area contributed by atoms with Crippen molar-refractivity contribution in [3.63, 3.8) is 0 Å². The Hall–Kier alpha value is -0.120. The van der Waals surface area contributed by atoms with Gasteiger partial charge in [0.2, 0.25) is 0 Å². The maximum atomic E-state index is 5.67. The Morgan fingerprint density at radius 3 is 2.67 bits per heavy atom. The lowest BCUT2D eigenvalue weighted by Gasteiger charge is -2.39. The molecular formula is C12H26N2O. The van der Waals surface area contributed by atoms with E-state index in [0.717, 1.165) is 13.1 Å². The molecule has 0 aromatic carbocycles. The first-order valence-electron chi connectivity index (χ1n) is 6.17. The summed E-state index contributed by atoms with van der Waals surface area (Å²) >= 11 is 0. The summed E-state index contributed by atoms with van der Waals surface area (Å²) < 4.78 is 5.47. The maximum absolute atomic E-state index is 5.67. The summed E-state index contributed by atoms with van der Waals surface area (Å²) in [5.41, 5.74) is 5.67. The number of hydrogen-bond donors (Lipinski definition) is 1. The second-order valence-corrected chi connectivity index (χ2v) is 4.80. The van der Waals surface area contributed by atoms with Crippen molar-refractivity contribution in [3.8, 4) is 0 Å². The van der Waals surface area contributed by atoms with E-state index in [-0.39, 0.29) is 0 Å². The predicted octanol–water partition coefficient (Wildman–Crippen LogP) is 1.61. The molecular weight excluding hydrogens is 188 g/mol. The van der Waals surface area contributed by atoms with Gasteiger partial charge in [0.25, 0.3) is 0 Å². The van der Waals surface area contributed by atoms with E-state index < -0.39 is 0 Å². The van der Waals surface area contributed by atoms with Gasteiger partial charge in [-0.1, -0.05) is 0 Å². The number of methoxy groups -OCH3 is 1. The quantitative estimate of drug-likeness (QED) is 0.755. The first kappa shape index (κ1) is 12.9. The van der Waals surface area contributed by atoms with Crippen molar-refractivity contribution in [2.45, 2.75) is 57.7 Å². The maximum Gasteiger partial charge on any atom is 0.0586 e. The minimum absolute atomic E-state index is 0.461. The highest BCUT2D eigenvalue weighted by Crippen LogP contribution is 2.25. The summed E-state index contributed by atoms with van der Waals surface area (Å²) in [7, 11) is 1.83. The number of hydrogen-bond acceptors (Lipinski definition) is 3. The van der Waals surface area contributed by atoms with Crippen LogP contribution in [0.4, 0.5) is 0 Å². The van der Waals surface area contributed by atoms with Crippen LogP contribution in [0.25, 0.3) is 0 Å². The van der Waals surface area contributed by atoms with Crippen LogP contribution in [0.15, 0.2) is 0 Å². The van der Waals surface area contributed by atoms with Crippen molar-refractivity contribution >= 4 is 0 Å². The first-order valence-corrected chi connectivity index (χ1v) is 6.17. The molecule has 0 aromatic rings. The Labute approximate surface area is 94.0 Å². The van der Waals surface area contributed by atoms with Crippen LogP contribution in [-0.4, -0.2) is 43.3 Å². The first-order chi connectivity index (χ1) is 7.19. The van der Waals surface area contributed by atoms with E-state index in [1.807, 2.05) is 7.11 Å². The van der Waals surface area contributed by atoms with Gasteiger partial charge in [-0.05, 0) is 39.5 Å². The largest absolute Gasteiger partial charge is 0.381 e. The lowest BCUT2D eigenvalue weighted by molar-refractivity contribution is 0.0198. The Bertz CT molecular complexity index is 173. The topological polar surface area (TPSA) is 38.5 Å². The van der Waals surface area contributed by atoms with E-state index in [2.05, 4.69) is 18.7 Å². The van der Waals surface area contributed by atoms with Crippen LogP contribution < -0.4 is 5.73 Å². The van der Waals surface area contributed by atoms with Crippen LogP contribution in [0.1, 0.15) is 39.5 Å². The molecule has 2 N–H and O–H groups in total. The van der Waals surface area contributed by atoms with Crippen molar-refractivity contribution in [1.82, 2.24) is 4.90 Å². The van der Waals surface area contributed by atoms with Crippen LogP contribution in [0.5, 0.6) is 0 Å². The molecule has 3 heteroatoms. The Kier molecular flexibility index (Phi) is 5.58. The van der Waals surface area contributed by atoms with Gasteiger partial charge in [0, 0.05) is 32.3 Å². The molecule has 0 heterocycles. The highest BCUT2D eigenvalue weighted by Gasteiger charge is 2.27. The summed E-state index contributed by atoms with van der Waals surface area (Å²) in [4.78, 5) is 2.53. The molecule has 0 aliphatic heterocycles. The minimum atomic E-state index is 0.461. The standard InChI is InChI=1S/C12H26N2O/c1-10(2)14(8-7-13)11-5-4-6-12(9-11)15-3/h10-12H,4-9,13H2,1-3H3. The average molecular weight is 214 g/mol. The van der Waals surface area contributed by atoms with Gasteiger partial charge >= 0.3 is 0 Å². The molecule has 0 saturated heterocycles. The second kappa shape index (κ2) is 6.46. The fraction of sp³-hybridized carbons (Fsp3) is 1.00. The van der Waals surface area contributed by atoms with Crippen molar-refractivity contribution in [1.29, 1.82) is 0 Å². The van der Waals surface area contributed by atoms with Crippen LogP contribution in [-0.2, 0) is 4.74 Å². The van der Waals surface area contributed by atoms with Gasteiger partial charge in [0.05, 0.1) is 6.10 Å². The lowest BCUT2D eigenvalue weighted by Crippen LogP contribution is -2.46. The monoisotopic (exact) mass is 214 g/mol. The molecule has 0 radical (unpaired) electrons. The number of rotatable bonds is 5. The Balaban J connectivity index is 2.50. The van der Waals surface area contributed by atoms with Gasteiger partial charge < -0.3 is 10.5 Å². The molecule has 0 spiro atoms. The molecule has 1 saturated carbocycles. The van der Waals surface area contributed by atoms with Gasteiger partial charge in [0.15, 0.2) is 0 Å². The van der Waals surface area contributed by atoms with E-state index in [1.165, 1.54) is 25.7 Å². The van der Waals surface area contributed by atoms with Crippen LogP contribution in [0.3, 0.4) is 0 Å². The Morgan fingerprint density at radius 1 is 1.40 bits per heavy atom. The van der Waals surface area contributed by atoms with Gasteiger partial charge in [-0.3, -0.25) is 4.90 Å². The SMILES string of the molecule is COC1CCCC(N(CCN)C(C)C)C1. The van der Waals surface area contributed by atoms with Crippen molar-refractivity contribution in [2.75, 3.05) is 20.2 Å². The molecule has 90 valence electrons. The van der Waals surface area contributed by atoms with E-state index in [4.69, 9.17) is 10.5 Å². The summed E-state index contributed by atoms with van der Waals surface area (Å²) in [6.45, 7) is 6.28. The number of nitrogens with zero attached hydrogens (tertiary/aromatic N) is 1. The lowest BCUT2D eigenvalue weighted by atomic mass is 9.91. The highest BCUT2D eigenvalue weighted by molar-refractivity contribution is 4.82. The molecule has 3 nitrogen and oxygen atoms in total. The molecule has 2 unspecified atom stereocenters. The fourth-order valence-corrected chi connectivity index (χ4v) is 2.65. The zero-order chi connectivity index (χ0) is 11.3. The van der Waals surface area contributed by atoms with Crippen molar-refractivity contribution in [3.05, 3.63) is 0 Å². The highest BCUT2D eigenvalue weighted by atomic mass is 16.5. The van der Waals surface area contributed by atoms with Crippen LogP contribution >= 0.6 is 0 Å². The van der Waals surface area contributed by atoms with Gasteiger partial charge in [-0.2, -0.15) is 0 Å². The molecule has 1 rings (SSSR count). The zero-order valence-corrected chi connectivity index (χ0v) is 10.4. The van der Waals surface area contributed by atoms with Crippen LogP contribution in [0.2, 0.25) is 0 Å². The summed E-state index contributed by atoms with van der Waals surface area (Å²) in [5.74, 6) is 0. The third-order valence-electron chi connectivity index (χ3n) is 3.45. The third-order valence-corrected chi connectivity index (χ3v) is 3.45. The summed E-state index contributed by atoms with van der Waals surface area (Å²) in [6.07, 6.45) is 5.45. The summed E-state index contributed by atoms with van der Waals surface area (Å²) in [6, 6.07) is 1.27. The van der Waals surface area contributed by atoms with Gasteiger partial charge in [0.1, 0.15) is 0 Å². The van der Waals surface area contributed by atoms with Gasteiger partial charge in [-0.25, -0.2) is 0 Å². The predicted molar refractivity (Wildman–Crippen MR) is 63.9 cm³/mol. The molecule has 0 aromatic heterocycles. The molecule has 2 atom stereocenters. The van der Waals surface area contributed by atoms with E-state index in [1.54, 1.807) is 0 Å². The Morgan fingerprint density at radius 2 is 2.13 bits per heavy atom. The second-order valence-electron chi connectivity index (χ2n) is 4.80. The smallest absolute Gasteiger partial charge is 0.0586 e. The molecule has 0 bridgehead atoms. The normalized spacial score (nSPS) is 27.6. The fourth-order valence-electron chi connectivity index (χ4n) is 2.65. The van der Waals surface area contributed by atoms with E-state index in [0.29, 0.717) is 18.2 Å². The van der Waals surface area contributed by atoms with E-state index >= 15 is 0 Å². The molecule has 1 aliphatic carbocycles. The summed E-state index contributed by atoms with van der Waals surface area (Å²) in [5, 5.41) is 0. The molecule has 0 amide bonds. The van der Waals surface area contributed by atoms with Crippen molar-refractivity contribution < 1.29 is 4.74 Å². The molecule has 15 heavy (non-hydrogen) atoms. The van der Waals surface area contributed by atoms with Gasteiger partial charge in [-0.15, -0.1) is 0 Å². The molecule has 1 aliphatic rings. The molecule has 1 fully saturated rings. The average Bonchev–Trinajstić information content (AvgIpc) is 2.25. The zero-order valence-electron chi connectivity index (χ0n) is 10.4. The number of nitrogens with two attached hydrogens (primary N) is 1. The van der Waals surface area contributed by atoms with E-state index in [9.17, 15) is 0 Å². The third kappa shape index (κ3) is 3.74. The van der Waals surface area contributed by atoms with Crippen LogP contribution in [0, 0.1) is 0 Å². The minimum Gasteiger partial charge on any atom is -0.381 e. The van der Waals surface area contributed by atoms with Crippen molar-refractivity contribution in [2.24, 2.45) is 5.73 Å². The number of ether oxygens (including phenoxy) is 1.